The number of amides is 1. The molecule has 2 aromatic rings. The van der Waals surface area contributed by atoms with Crippen molar-refractivity contribution in [3.05, 3.63) is 69.9 Å². The first-order valence-electron chi connectivity index (χ1n) is 11.1. The molecule has 1 saturated heterocycles. The first-order chi connectivity index (χ1) is 15.4. The zero-order valence-corrected chi connectivity index (χ0v) is 18.8. The van der Waals surface area contributed by atoms with E-state index in [1.165, 1.54) is 10.6 Å². The maximum absolute atomic E-state index is 13.1. The molecule has 32 heavy (non-hydrogen) atoms. The number of nitrogens with one attached hydrogen (secondary N) is 1. The molecule has 2 heterocycles. The Kier molecular flexibility index (Phi) is 6.67. The molecule has 4 rings (SSSR count). The lowest BCUT2D eigenvalue weighted by Crippen LogP contribution is -2.39. The van der Waals surface area contributed by atoms with E-state index in [9.17, 15) is 4.79 Å². The van der Waals surface area contributed by atoms with Gasteiger partial charge in [-0.3, -0.25) is 4.79 Å². The maximum Gasteiger partial charge on any atom is 0.255 e. The predicted molar refractivity (Wildman–Crippen MR) is 125 cm³/mol. The Hall–Kier alpha value is -3.03. The van der Waals surface area contributed by atoms with E-state index in [0.717, 1.165) is 53.7 Å². The second-order valence-corrected chi connectivity index (χ2v) is 8.60. The average Bonchev–Trinajstić information content (AvgIpc) is 3.26. The van der Waals surface area contributed by atoms with Crippen molar-refractivity contribution in [2.24, 2.45) is 11.6 Å². The Balaban J connectivity index is 1.58. The molecule has 2 aliphatic rings. The summed E-state index contributed by atoms with van der Waals surface area (Å²) in [5.41, 5.74) is 12.9. The summed E-state index contributed by atoms with van der Waals surface area (Å²) in [4.78, 5) is 13.1. The summed E-state index contributed by atoms with van der Waals surface area (Å²) in [6, 6.07) is 10.3. The van der Waals surface area contributed by atoms with Gasteiger partial charge in [-0.2, -0.15) is 0 Å². The number of hydrazine groups is 1. The van der Waals surface area contributed by atoms with E-state index in [2.05, 4.69) is 24.4 Å². The topological polar surface area (TPSA) is 103 Å². The number of nitrogens with zero attached hydrogens (tertiary/aromatic N) is 1. The van der Waals surface area contributed by atoms with Crippen LogP contribution >= 0.6 is 0 Å². The SMILES string of the molecule is Cc1c(Cc2ccc(/C(N)=C/N(C)N)cc2)cc(C(=O)NC2CCOCC2)c2c1CCO2. The van der Waals surface area contributed by atoms with Crippen LogP contribution in [-0.2, 0) is 17.6 Å². The highest BCUT2D eigenvalue weighted by Gasteiger charge is 2.26. The summed E-state index contributed by atoms with van der Waals surface area (Å²) in [5.74, 6) is 6.33. The Bertz CT molecular complexity index is 1010. The summed E-state index contributed by atoms with van der Waals surface area (Å²) in [6.07, 6.45) is 4.94. The molecule has 0 bridgehead atoms. The average molecular weight is 437 g/mol. The van der Waals surface area contributed by atoms with Crippen LogP contribution in [-0.4, -0.2) is 43.8 Å². The largest absolute Gasteiger partial charge is 0.492 e. The van der Waals surface area contributed by atoms with Crippen molar-refractivity contribution in [2.75, 3.05) is 26.9 Å². The van der Waals surface area contributed by atoms with Crippen LogP contribution < -0.4 is 21.6 Å². The lowest BCUT2D eigenvalue weighted by atomic mass is 9.92. The first kappa shape index (κ1) is 22.2. The van der Waals surface area contributed by atoms with E-state index >= 15 is 0 Å². The fraction of sp³-hybridized carbons (Fsp3) is 0.400. The third kappa shape index (κ3) is 4.89. The third-order valence-electron chi connectivity index (χ3n) is 6.20. The first-order valence-corrected chi connectivity index (χ1v) is 11.1. The van der Waals surface area contributed by atoms with Gasteiger partial charge in [0.25, 0.3) is 5.91 Å². The number of ether oxygens (including phenoxy) is 2. The van der Waals surface area contributed by atoms with Gasteiger partial charge in [0.1, 0.15) is 5.75 Å². The van der Waals surface area contributed by atoms with Crippen LogP contribution in [0.25, 0.3) is 5.70 Å². The van der Waals surface area contributed by atoms with Gasteiger partial charge < -0.3 is 25.5 Å². The molecule has 0 atom stereocenters. The Morgan fingerprint density at radius 3 is 2.62 bits per heavy atom. The van der Waals surface area contributed by atoms with Crippen molar-refractivity contribution < 1.29 is 14.3 Å². The van der Waals surface area contributed by atoms with Crippen LogP contribution in [0.5, 0.6) is 5.75 Å². The van der Waals surface area contributed by atoms with Gasteiger partial charge in [-0.05, 0) is 54.5 Å². The highest BCUT2D eigenvalue weighted by molar-refractivity contribution is 5.98. The summed E-state index contributed by atoms with van der Waals surface area (Å²) in [6.45, 7) is 4.12. The highest BCUT2D eigenvalue weighted by Crippen LogP contribution is 2.35. The van der Waals surface area contributed by atoms with Crippen molar-refractivity contribution in [3.8, 4) is 5.75 Å². The molecule has 1 amide bonds. The van der Waals surface area contributed by atoms with Crippen LogP contribution in [0.1, 0.15) is 51.0 Å². The van der Waals surface area contributed by atoms with Crippen molar-refractivity contribution in [3.63, 3.8) is 0 Å². The van der Waals surface area contributed by atoms with Crippen molar-refractivity contribution in [1.82, 2.24) is 10.3 Å². The van der Waals surface area contributed by atoms with Crippen LogP contribution in [0, 0.1) is 6.92 Å². The van der Waals surface area contributed by atoms with E-state index in [-0.39, 0.29) is 11.9 Å². The second kappa shape index (κ2) is 9.63. The second-order valence-electron chi connectivity index (χ2n) is 8.60. The molecule has 0 saturated carbocycles. The molecule has 5 N–H and O–H groups in total. The summed E-state index contributed by atoms with van der Waals surface area (Å²) in [5, 5.41) is 4.61. The fourth-order valence-corrected chi connectivity index (χ4v) is 4.38. The zero-order chi connectivity index (χ0) is 22.7. The lowest BCUT2D eigenvalue weighted by Gasteiger charge is -2.24. The number of carbonyl (C=O) groups excluding carboxylic acids is 1. The Labute approximate surface area is 189 Å². The monoisotopic (exact) mass is 436 g/mol. The number of rotatable bonds is 6. The van der Waals surface area contributed by atoms with Gasteiger partial charge in [-0.15, -0.1) is 0 Å². The van der Waals surface area contributed by atoms with E-state index in [1.54, 1.807) is 13.2 Å². The van der Waals surface area contributed by atoms with E-state index < -0.39 is 0 Å². The summed E-state index contributed by atoms with van der Waals surface area (Å²) in [7, 11) is 1.73. The number of benzene rings is 2. The highest BCUT2D eigenvalue weighted by atomic mass is 16.5. The molecule has 170 valence electrons. The Morgan fingerprint density at radius 2 is 1.94 bits per heavy atom. The number of carbonyl (C=O) groups is 1. The minimum atomic E-state index is -0.0598. The molecule has 7 heteroatoms. The molecule has 2 aromatic carbocycles. The molecular formula is C25H32N4O3. The quantitative estimate of drug-likeness (QED) is 0.475. The van der Waals surface area contributed by atoms with E-state index in [4.69, 9.17) is 21.1 Å². The molecule has 0 aromatic heterocycles. The molecule has 0 radical (unpaired) electrons. The van der Waals surface area contributed by atoms with E-state index in [0.29, 0.717) is 31.1 Å². The molecule has 2 aliphatic heterocycles. The lowest BCUT2D eigenvalue weighted by molar-refractivity contribution is 0.0695. The van der Waals surface area contributed by atoms with Crippen LogP contribution in [0.3, 0.4) is 0 Å². The van der Waals surface area contributed by atoms with Crippen LogP contribution in [0.4, 0.5) is 0 Å². The van der Waals surface area contributed by atoms with Crippen molar-refractivity contribution in [2.45, 2.75) is 38.6 Å². The van der Waals surface area contributed by atoms with Crippen LogP contribution in [0.2, 0.25) is 0 Å². The van der Waals surface area contributed by atoms with Gasteiger partial charge in [-0.1, -0.05) is 24.3 Å². The van der Waals surface area contributed by atoms with Crippen molar-refractivity contribution in [1.29, 1.82) is 0 Å². The third-order valence-corrected chi connectivity index (χ3v) is 6.20. The van der Waals surface area contributed by atoms with Gasteiger partial charge >= 0.3 is 0 Å². The summed E-state index contributed by atoms with van der Waals surface area (Å²) < 4.78 is 11.3. The van der Waals surface area contributed by atoms with E-state index in [1.807, 2.05) is 18.2 Å². The van der Waals surface area contributed by atoms with Gasteiger partial charge in [0.05, 0.1) is 17.9 Å². The minimum Gasteiger partial charge on any atom is -0.492 e. The standard InChI is InChI=1S/C25H32N4O3/c1-16-19(13-17-3-5-18(6-4-17)23(26)15-29(2)27)14-22(24-21(16)9-12-32-24)25(30)28-20-7-10-31-11-8-20/h3-6,14-15,20H,7-13,26-27H2,1-2H3,(H,28,30)/b23-15-. The number of fused-ring (bicyclic) bond motifs is 1. The molecule has 1 fully saturated rings. The molecule has 0 aliphatic carbocycles. The van der Waals surface area contributed by atoms with Crippen molar-refractivity contribution >= 4 is 11.6 Å². The maximum atomic E-state index is 13.1. The minimum absolute atomic E-state index is 0.0598. The summed E-state index contributed by atoms with van der Waals surface area (Å²) >= 11 is 0. The number of hydrogen-bond acceptors (Lipinski definition) is 6. The molecule has 0 spiro atoms. The smallest absolute Gasteiger partial charge is 0.255 e. The van der Waals surface area contributed by atoms with Gasteiger partial charge in [-0.25, -0.2) is 5.84 Å². The number of hydrogen-bond donors (Lipinski definition) is 3. The van der Waals surface area contributed by atoms with Crippen LogP contribution in [0.15, 0.2) is 36.5 Å². The normalized spacial score (nSPS) is 16.4. The molecular weight excluding hydrogens is 404 g/mol. The van der Waals surface area contributed by atoms with Gasteiger partial charge in [0.2, 0.25) is 0 Å². The van der Waals surface area contributed by atoms with Gasteiger partial charge in [0, 0.05) is 44.5 Å². The van der Waals surface area contributed by atoms with Gasteiger partial charge in [0.15, 0.2) is 0 Å². The number of nitrogens with two attached hydrogens (primary N) is 2. The predicted octanol–water partition coefficient (Wildman–Crippen LogP) is 2.49. The Morgan fingerprint density at radius 1 is 1.22 bits per heavy atom. The molecule has 7 nitrogen and oxygen atoms in total. The fourth-order valence-electron chi connectivity index (χ4n) is 4.38. The molecule has 0 unspecified atom stereocenters. The zero-order valence-electron chi connectivity index (χ0n) is 18.8.